The molecule has 3 rings (SSSR count). The number of hydrogen-bond donors (Lipinski definition) is 0. The molecule has 0 spiro atoms. The molecule has 2 aliphatic rings. The van der Waals surface area contributed by atoms with Crippen LogP contribution in [0.25, 0.3) is 0 Å². The predicted octanol–water partition coefficient (Wildman–Crippen LogP) is 2.51. The van der Waals surface area contributed by atoms with Crippen LogP contribution in [-0.2, 0) is 14.3 Å². The number of carbonyl (C=O) groups is 2. The quantitative estimate of drug-likeness (QED) is 0.804. The zero-order chi connectivity index (χ0) is 15.7. The number of amides is 1. The van der Waals surface area contributed by atoms with Gasteiger partial charge in [-0.25, -0.2) is 9.79 Å². The van der Waals surface area contributed by atoms with Gasteiger partial charge < -0.3 is 4.74 Å². The Labute approximate surface area is 133 Å². The van der Waals surface area contributed by atoms with Gasteiger partial charge >= 0.3 is 5.97 Å². The third kappa shape index (κ3) is 2.43. The molecule has 2 heterocycles. The molecule has 1 fully saturated rings. The molecule has 0 N–H and O–H groups in total. The highest BCUT2D eigenvalue weighted by Crippen LogP contribution is 2.40. The number of hydrogen-bond acceptors (Lipinski definition) is 5. The van der Waals surface area contributed by atoms with Gasteiger partial charge in [0.2, 0.25) is 5.91 Å². The number of thioether (sulfide) groups is 1. The maximum Gasteiger partial charge on any atom is 0.338 e. The average Bonchev–Trinajstić information content (AvgIpc) is 2.88. The summed E-state index contributed by atoms with van der Waals surface area (Å²) in [7, 11) is 0. The lowest BCUT2D eigenvalue weighted by Gasteiger charge is -2.32. The molecule has 114 valence electrons. The molecular formula is C16H16N2O3S. The zero-order valence-corrected chi connectivity index (χ0v) is 13.2. The minimum Gasteiger partial charge on any atom is -0.463 e. The van der Waals surface area contributed by atoms with Crippen molar-refractivity contribution in [2.75, 3.05) is 12.4 Å². The first-order chi connectivity index (χ1) is 10.6. The summed E-state index contributed by atoms with van der Waals surface area (Å²) in [4.78, 5) is 30.7. The van der Waals surface area contributed by atoms with Gasteiger partial charge in [-0.05, 0) is 19.4 Å². The number of aliphatic imine (C=N–C) groups is 1. The highest BCUT2D eigenvalue weighted by molar-refractivity contribution is 8.15. The molecule has 1 aromatic rings. The van der Waals surface area contributed by atoms with Crippen LogP contribution in [0.15, 0.2) is 46.6 Å². The molecule has 0 unspecified atom stereocenters. The van der Waals surface area contributed by atoms with Gasteiger partial charge in [0.25, 0.3) is 0 Å². The topological polar surface area (TPSA) is 59.0 Å². The lowest BCUT2D eigenvalue weighted by Crippen LogP contribution is -2.39. The SMILES string of the molecule is CCOC(=O)C1=C(C)N=C2SCC(=O)N2[C@@H]1c1ccccc1. The second kappa shape index (κ2) is 5.96. The number of allylic oxidation sites excluding steroid dienone is 1. The number of fused-ring (bicyclic) bond motifs is 1. The van der Waals surface area contributed by atoms with Gasteiger partial charge in [-0.1, -0.05) is 42.1 Å². The first-order valence-corrected chi connectivity index (χ1v) is 8.08. The molecule has 0 aromatic heterocycles. The summed E-state index contributed by atoms with van der Waals surface area (Å²) in [6, 6.07) is 9.06. The Morgan fingerprint density at radius 3 is 2.82 bits per heavy atom. The number of nitrogens with zero attached hydrogens (tertiary/aromatic N) is 2. The number of esters is 1. The molecule has 2 aliphatic heterocycles. The van der Waals surface area contributed by atoms with Gasteiger partial charge in [0.1, 0.15) is 0 Å². The Morgan fingerprint density at radius 2 is 2.14 bits per heavy atom. The first-order valence-electron chi connectivity index (χ1n) is 7.10. The highest BCUT2D eigenvalue weighted by Gasteiger charge is 2.43. The Balaban J connectivity index is 2.13. The van der Waals surface area contributed by atoms with Crippen molar-refractivity contribution in [2.45, 2.75) is 19.9 Å². The summed E-state index contributed by atoms with van der Waals surface area (Å²) in [5, 5.41) is 0.657. The van der Waals surface area contributed by atoms with Crippen molar-refractivity contribution in [1.29, 1.82) is 0 Å². The summed E-state index contributed by atoms with van der Waals surface area (Å²) in [5.74, 6) is -0.0980. The summed E-state index contributed by atoms with van der Waals surface area (Å²) in [6.07, 6.45) is 0. The van der Waals surface area contributed by atoms with Gasteiger partial charge in [-0.3, -0.25) is 9.69 Å². The van der Waals surface area contributed by atoms with Crippen LogP contribution in [0.2, 0.25) is 0 Å². The van der Waals surface area contributed by atoms with E-state index in [9.17, 15) is 9.59 Å². The van der Waals surface area contributed by atoms with Crippen molar-refractivity contribution in [1.82, 2.24) is 4.90 Å². The molecule has 0 radical (unpaired) electrons. The molecule has 0 bridgehead atoms. The van der Waals surface area contributed by atoms with Gasteiger partial charge in [0.05, 0.1) is 29.7 Å². The van der Waals surface area contributed by atoms with Crippen molar-refractivity contribution in [3.05, 3.63) is 47.2 Å². The molecule has 22 heavy (non-hydrogen) atoms. The van der Waals surface area contributed by atoms with Crippen LogP contribution in [0.3, 0.4) is 0 Å². The Bertz CT molecular complexity index is 682. The van der Waals surface area contributed by atoms with E-state index in [1.165, 1.54) is 11.8 Å². The molecular weight excluding hydrogens is 300 g/mol. The number of amidine groups is 1. The van der Waals surface area contributed by atoms with Crippen molar-refractivity contribution < 1.29 is 14.3 Å². The number of rotatable bonds is 3. The van der Waals surface area contributed by atoms with Gasteiger partial charge in [-0.15, -0.1) is 0 Å². The predicted molar refractivity (Wildman–Crippen MR) is 85.3 cm³/mol. The Morgan fingerprint density at radius 1 is 1.41 bits per heavy atom. The fraction of sp³-hybridized carbons (Fsp3) is 0.312. The normalized spacial score (nSPS) is 20.8. The van der Waals surface area contributed by atoms with Gasteiger partial charge in [0, 0.05) is 0 Å². The van der Waals surface area contributed by atoms with E-state index in [1.807, 2.05) is 30.3 Å². The molecule has 5 nitrogen and oxygen atoms in total. The molecule has 1 amide bonds. The third-order valence-corrected chi connectivity index (χ3v) is 4.53. The van der Waals surface area contributed by atoms with E-state index >= 15 is 0 Å². The van der Waals surface area contributed by atoms with Crippen LogP contribution in [0, 0.1) is 0 Å². The zero-order valence-electron chi connectivity index (χ0n) is 12.4. The first kappa shape index (κ1) is 14.8. The Hall–Kier alpha value is -2.08. The lowest BCUT2D eigenvalue weighted by atomic mass is 9.94. The number of ether oxygens (including phenoxy) is 1. The second-order valence-electron chi connectivity index (χ2n) is 4.98. The summed E-state index contributed by atoms with van der Waals surface area (Å²) in [6.45, 7) is 3.84. The minimum absolute atomic E-state index is 0.0353. The van der Waals surface area contributed by atoms with Crippen molar-refractivity contribution in [3.63, 3.8) is 0 Å². The molecule has 1 saturated heterocycles. The van der Waals surface area contributed by atoms with E-state index in [1.54, 1.807) is 18.7 Å². The minimum atomic E-state index is -0.463. The van der Waals surface area contributed by atoms with Crippen LogP contribution in [0.1, 0.15) is 25.5 Å². The number of carbonyl (C=O) groups excluding carboxylic acids is 2. The van der Waals surface area contributed by atoms with Crippen LogP contribution >= 0.6 is 11.8 Å². The molecule has 1 aromatic carbocycles. The fourth-order valence-electron chi connectivity index (χ4n) is 2.66. The summed E-state index contributed by atoms with van der Waals surface area (Å²) >= 11 is 1.40. The molecule has 6 heteroatoms. The van der Waals surface area contributed by atoms with Gasteiger partial charge in [-0.2, -0.15) is 0 Å². The van der Waals surface area contributed by atoms with E-state index in [-0.39, 0.29) is 12.5 Å². The van der Waals surface area contributed by atoms with E-state index in [0.717, 1.165) is 5.56 Å². The summed E-state index contributed by atoms with van der Waals surface area (Å²) < 4.78 is 5.18. The van der Waals surface area contributed by atoms with Crippen LogP contribution < -0.4 is 0 Å². The monoisotopic (exact) mass is 316 g/mol. The largest absolute Gasteiger partial charge is 0.463 e. The van der Waals surface area contributed by atoms with E-state index < -0.39 is 12.0 Å². The van der Waals surface area contributed by atoms with Crippen molar-refractivity contribution in [3.8, 4) is 0 Å². The molecule has 0 aliphatic carbocycles. The standard InChI is InChI=1S/C16H16N2O3S/c1-3-21-15(20)13-10(2)17-16-18(12(19)9-22-16)14(13)11-7-5-4-6-8-11/h4-8,14H,3,9H2,1-2H3/t14-/m1/s1. The maximum atomic E-state index is 12.4. The molecule has 1 atom stereocenters. The second-order valence-corrected chi connectivity index (χ2v) is 5.92. The molecule has 0 saturated carbocycles. The van der Waals surface area contributed by atoms with E-state index in [0.29, 0.717) is 22.2 Å². The average molecular weight is 316 g/mol. The van der Waals surface area contributed by atoms with Crippen LogP contribution in [0.5, 0.6) is 0 Å². The van der Waals surface area contributed by atoms with E-state index in [4.69, 9.17) is 4.74 Å². The van der Waals surface area contributed by atoms with E-state index in [2.05, 4.69) is 4.99 Å². The summed E-state index contributed by atoms with van der Waals surface area (Å²) in [5.41, 5.74) is 1.93. The number of benzene rings is 1. The van der Waals surface area contributed by atoms with Gasteiger partial charge in [0.15, 0.2) is 5.17 Å². The van der Waals surface area contributed by atoms with Crippen molar-refractivity contribution in [2.24, 2.45) is 4.99 Å². The maximum absolute atomic E-state index is 12.4. The highest BCUT2D eigenvalue weighted by atomic mass is 32.2. The Kier molecular flexibility index (Phi) is 4.02. The van der Waals surface area contributed by atoms with Crippen LogP contribution in [0.4, 0.5) is 0 Å². The van der Waals surface area contributed by atoms with Crippen molar-refractivity contribution >= 4 is 28.8 Å². The fourth-order valence-corrected chi connectivity index (χ4v) is 3.60. The third-order valence-electron chi connectivity index (χ3n) is 3.59. The smallest absolute Gasteiger partial charge is 0.338 e. The van der Waals surface area contributed by atoms with Crippen LogP contribution in [-0.4, -0.2) is 34.3 Å². The lowest BCUT2D eigenvalue weighted by molar-refractivity contribution is -0.139.